The van der Waals surface area contributed by atoms with Gasteiger partial charge in [0, 0.05) is 38.4 Å². The van der Waals surface area contributed by atoms with Crippen molar-refractivity contribution in [1.29, 1.82) is 0 Å². The van der Waals surface area contributed by atoms with Crippen LogP contribution < -0.4 is 0 Å². The molecule has 56 heavy (non-hydrogen) atoms. The lowest BCUT2D eigenvalue weighted by molar-refractivity contribution is 0.670. The van der Waals surface area contributed by atoms with E-state index in [1.165, 1.54) is 5.39 Å². The van der Waals surface area contributed by atoms with Gasteiger partial charge in [0.1, 0.15) is 11.2 Å². The molecule has 0 amide bonds. The lowest BCUT2D eigenvalue weighted by atomic mass is 10.0. The fraction of sp³-hybridized carbons (Fsp3) is 0. The second-order valence-electron chi connectivity index (χ2n) is 14.0. The molecule has 11 aromatic rings. The molecule has 0 N–H and O–H groups in total. The number of aromatic nitrogens is 4. The van der Waals surface area contributed by atoms with Gasteiger partial charge >= 0.3 is 0 Å². The average molecular weight is 717 g/mol. The number of nitrogens with zero attached hydrogens (tertiary/aromatic N) is 4. The molecule has 0 saturated heterocycles. The number of fused-ring (bicyclic) bond motifs is 6. The van der Waals surface area contributed by atoms with Crippen LogP contribution in [0.5, 0.6) is 0 Å². The Bertz CT molecular complexity index is 3100. The van der Waals surface area contributed by atoms with E-state index in [1.54, 1.807) is 0 Å². The van der Waals surface area contributed by atoms with Crippen LogP contribution in [0.25, 0.3) is 106 Å². The molecule has 0 aliphatic heterocycles. The first kappa shape index (κ1) is 31.9. The predicted molar refractivity (Wildman–Crippen MR) is 229 cm³/mol. The van der Waals surface area contributed by atoms with Gasteiger partial charge in [-0.3, -0.25) is 0 Å². The standard InChI is InChI=1S/C51H32N4O/c1-4-13-33(14-5-1)35-23-27-37(28-24-35)49-52-50(38-29-25-36(26-30-38)34-15-6-2-7-16-34)54-51(53-49)42-21-12-20-41-44-31-46-43(32-47(44)56-48(41)42)40-19-10-11-22-45(40)55(46)39-17-8-3-9-18-39/h1-32H. The van der Waals surface area contributed by atoms with Crippen molar-refractivity contribution in [2.75, 3.05) is 0 Å². The SMILES string of the molecule is c1ccc(-c2ccc(-c3nc(-c4ccc(-c5ccccc5)cc4)nc(-c4cccc5c4oc4cc6c7ccccc7n(-c7ccccc7)c6cc45)n3)cc2)cc1. The fourth-order valence-electron chi connectivity index (χ4n) is 7.93. The maximum atomic E-state index is 6.82. The van der Waals surface area contributed by atoms with E-state index in [9.17, 15) is 0 Å². The van der Waals surface area contributed by atoms with Gasteiger partial charge in [0.15, 0.2) is 17.5 Å². The molecule has 3 heterocycles. The first-order chi connectivity index (χ1) is 27.7. The molecule has 0 bridgehead atoms. The highest BCUT2D eigenvalue weighted by Gasteiger charge is 2.20. The third-order valence-electron chi connectivity index (χ3n) is 10.7. The third kappa shape index (κ3) is 5.37. The van der Waals surface area contributed by atoms with Gasteiger partial charge < -0.3 is 8.98 Å². The lowest BCUT2D eigenvalue weighted by Crippen LogP contribution is -2.00. The fourth-order valence-corrected chi connectivity index (χ4v) is 7.93. The highest BCUT2D eigenvalue weighted by molar-refractivity contribution is 6.18. The van der Waals surface area contributed by atoms with Crippen molar-refractivity contribution in [1.82, 2.24) is 19.5 Å². The molecule has 11 rings (SSSR count). The van der Waals surface area contributed by atoms with Crippen molar-refractivity contribution >= 4 is 43.7 Å². The van der Waals surface area contributed by atoms with E-state index < -0.39 is 0 Å². The summed E-state index contributed by atoms with van der Waals surface area (Å²) in [6.07, 6.45) is 0. The minimum absolute atomic E-state index is 0.553. The Morgan fingerprint density at radius 1 is 0.339 bits per heavy atom. The van der Waals surface area contributed by atoms with Crippen molar-refractivity contribution in [3.63, 3.8) is 0 Å². The number of rotatable bonds is 6. The minimum atomic E-state index is 0.553. The largest absolute Gasteiger partial charge is 0.455 e. The summed E-state index contributed by atoms with van der Waals surface area (Å²) < 4.78 is 9.16. The van der Waals surface area contributed by atoms with E-state index in [0.29, 0.717) is 17.5 Å². The Kier molecular flexibility index (Phi) is 7.42. The monoisotopic (exact) mass is 716 g/mol. The Morgan fingerprint density at radius 2 is 0.839 bits per heavy atom. The van der Waals surface area contributed by atoms with Crippen LogP contribution >= 0.6 is 0 Å². The Hall–Kier alpha value is -7.63. The van der Waals surface area contributed by atoms with Crippen molar-refractivity contribution in [2.24, 2.45) is 0 Å². The zero-order chi connectivity index (χ0) is 37.0. The third-order valence-corrected chi connectivity index (χ3v) is 10.7. The first-order valence-corrected chi connectivity index (χ1v) is 18.8. The molecule has 0 radical (unpaired) electrons. The van der Waals surface area contributed by atoms with Gasteiger partial charge in [0.2, 0.25) is 0 Å². The molecule has 262 valence electrons. The Balaban J connectivity index is 1.09. The molecule has 0 fully saturated rings. The van der Waals surface area contributed by atoms with E-state index >= 15 is 0 Å². The molecule has 3 aromatic heterocycles. The zero-order valence-electron chi connectivity index (χ0n) is 30.2. The van der Waals surface area contributed by atoms with Crippen LogP contribution in [-0.4, -0.2) is 19.5 Å². The van der Waals surface area contributed by atoms with E-state index in [0.717, 1.165) is 83.0 Å². The number of furan rings is 1. The molecule has 0 atom stereocenters. The molecule has 0 spiro atoms. The van der Waals surface area contributed by atoms with Gasteiger partial charge in [-0.1, -0.05) is 158 Å². The summed E-state index contributed by atoms with van der Waals surface area (Å²) in [5.41, 5.74) is 12.2. The molecule has 8 aromatic carbocycles. The van der Waals surface area contributed by atoms with Gasteiger partial charge in [0.05, 0.1) is 16.6 Å². The zero-order valence-corrected chi connectivity index (χ0v) is 30.2. The quantitative estimate of drug-likeness (QED) is 0.172. The predicted octanol–water partition coefficient (Wildman–Crippen LogP) is 13.2. The highest BCUT2D eigenvalue weighted by Crippen LogP contribution is 2.41. The molecular formula is C51H32N4O. The van der Waals surface area contributed by atoms with E-state index in [1.807, 2.05) is 18.2 Å². The molecule has 5 heteroatoms. The number of hydrogen-bond donors (Lipinski definition) is 0. The summed E-state index contributed by atoms with van der Waals surface area (Å²) in [5, 5.41) is 4.36. The summed E-state index contributed by atoms with van der Waals surface area (Å²) in [6.45, 7) is 0. The maximum Gasteiger partial charge on any atom is 0.167 e. The van der Waals surface area contributed by atoms with E-state index in [2.05, 4.69) is 180 Å². The second-order valence-corrected chi connectivity index (χ2v) is 14.0. The van der Waals surface area contributed by atoms with E-state index in [-0.39, 0.29) is 0 Å². The molecule has 0 unspecified atom stereocenters. The van der Waals surface area contributed by atoms with Crippen molar-refractivity contribution in [3.8, 4) is 62.1 Å². The average Bonchev–Trinajstić information content (AvgIpc) is 3.81. The van der Waals surface area contributed by atoms with Crippen LogP contribution in [0, 0.1) is 0 Å². The van der Waals surface area contributed by atoms with Crippen LogP contribution in [0.3, 0.4) is 0 Å². The normalized spacial score (nSPS) is 11.6. The van der Waals surface area contributed by atoms with E-state index in [4.69, 9.17) is 19.4 Å². The smallest absolute Gasteiger partial charge is 0.167 e. The summed E-state index contributed by atoms with van der Waals surface area (Å²) in [6, 6.07) is 67.4. The van der Waals surface area contributed by atoms with Crippen LogP contribution in [0.1, 0.15) is 0 Å². The Morgan fingerprint density at radius 3 is 1.46 bits per heavy atom. The topological polar surface area (TPSA) is 56.7 Å². The number of para-hydroxylation sites is 3. The summed E-state index contributed by atoms with van der Waals surface area (Å²) in [4.78, 5) is 15.4. The highest BCUT2D eigenvalue weighted by atomic mass is 16.3. The molecular weight excluding hydrogens is 685 g/mol. The van der Waals surface area contributed by atoms with Crippen molar-refractivity contribution < 1.29 is 4.42 Å². The summed E-state index contributed by atoms with van der Waals surface area (Å²) in [7, 11) is 0. The van der Waals surface area contributed by atoms with Gasteiger partial charge in [-0.05, 0) is 58.7 Å². The van der Waals surface area contributed by atoms with Crippen molar-refractivity contribution in [3.05, 3.63) is 194 Å². The lowest BCUT2D eigenvalue weighted by Gasteiger charge is -2.10. The van der Waals surface area contributed by atoms with Gasteiger partial charge in [-0.25, -0.2) is 15.0 Å². The van der Waals surface area contributed by atoms with Crippen LogP contribution in [0.2, 0.25) is 0 Å². The van der Waals surface area contributed by atoms with Crippen molar-refractivity contribution in [2.45, 2.75) is 0 Å². The molecule has 0 aliphatic carbocycles. The maximum absolute atomic E-state index is 6.82. The summed E-state index contributed by atoms with van der Waals surface area (Å²) >= 11 is 0. The molecule has 0 aliphatic rings. The van der Waals surface area contributed by atoms with Gasteiger partial charge in [-0.15, -0.1) is 0 Å². The first-order valence-electron chi connectivity index (χ1n) is 18.8. The minimum Gasteiger partial charge on any atom is -0.455 e. The van der Waals surface area contributed by atoms with Crippen LogP contribution in [0.4, 0.5) is 0 Å². The van der Waals surface area contributed by atoms with Gasteiger partial charge in [-0.2, -0.15) is 0 Å². The van der Waals surface area contributed by atoms with Gasteiger partial charge in [0.25, 0.3) is 0 Å². The number of hydrogen-bond acceptors (Lipinski definition) is 4. The second kappa shape index (κ2) is 13.0. The van der Waals surface area contributed by atoms with Crippen LogP contribution in [0.15, 0.2) is 199 Å². The van der Waals surface area contributed by atoms with Crippen LogP contribution in [-0.2, 0) is 0 Å². The Labute approximate surface area is 322 Å². The summed E-state index contributed by atoms with van der Waals surface area (Å²) in [5.74, 6) is 1.75. The molecule has 5 nitrogen and oxygen atoms in total. The molecule has 0 saturated carbocycles. The number of benzene rings is 8.